The highest BCUT2D eigenvalue weighted by molar-refractivity contribution is 6.02. The van der Waals surface area contributed by atoms with Crippen molar-refractivity contribution >= 4 is 28.9 Å². The van der Waals surface area contributed by atoms with Crippen LogP contribution in [0.15, 0.2) is 28.7 Å². The maximum absolute atomic E-state index is 12.2. The smallest absolute Gasteiger partial charge is 0.408 e. The Morgan fingerprint density at radius 2 is 2.14 bits per heavy atom. The number of imide groups is 1. The number of piperidine rings is 1. The Hall–Kier alpha value is -3.27. The number of rotatable bonds is 2. The highest BCUT2D eigenvalue weighted by atomic mass is 16.6. The Morgan fingerprint density at radius 1 is 1.36 bits per heavy atom. The molecular weight excluding hydrogens is 360 g/mol. The molecular formula is C21H22N2O5. The first kappa shape index (κ1) is 19.5. The number of carbonyl (C=O) groups excluding carboxylic acids is 3. The van der Waals surface area contributed by atoms with Gasteiger partial charge in [0, 0.05) is 17.9 Å². The number of carbonyl (C=O) groups is 3. The number of ether oxygens (including phenoxy) is 1. The van der Waals surface area contributed by atoms with E-state index in [-0.39, 0.29) is 18.4 Å². The number of amides is 3. The van der Waals surface area contributed by atoms with E-state index < -0.39 is 17.6 Å². The van der Waals surface area contributed by atoms with E-state index in [0.29, 0.717) is 24.2 Å². The zero-order valence-electron chi connectivity index (χ0n) is 16.0. The van der Waals surface area contributed by atoms with Crippen LogP contribution in [-0.2, 0) is 14.3 Å². The first-order chi connectivity index (χ1) is 13.2. The quantitative estimate of drug-likeness (QED) is 0.615. The average molecular weight is 382 g/mol. The highest BCUT2D eigenvalue weighted by Gasteiger charge is 2.29. The largest absolute Gasteiger partial charge is 0.448 e. The molecule has 0 saturated carbocycles. The summed E-state index contributed by atoms with van der Waals surface area (Å²) in [6.07, 6.45) is 0.246. The van der Waals surface area contributed by atoms with Crippen LogP contribution in [0.5, 0.6) is 0 Å². The van der Waals surface area contributed by atoms with E-state index in [4.69, 9.17) is 9.15 Å². The van der Waals surface area contributed by atoms with Crippen LogP contribution < -0.4 is 10.6 Å². The minimum absolute atomic E-state index is 0.117. The van der Waals surface area contributed by atoms with Crippen LogP contribution in [0.2, 0.25) is 0 Å². The summed E-state index contributed by atoms with van der Waals surface area (Å²) in [5.74, 6) is 5.17. The van der Waals surface area contributed by atoms with E-state index in [1.165, 1.54) is 0 Å². The third kappa shape index (κ3) is 4.71. The van der Waals surface area contributed by atoms with Crippen LogP contribution in [0.4, 0.5) is 4.79 Å². The second-order valence-corrected chi connectivity index (χ2v) is 7.53. The second kappa shape index (κ2) is 7.77. The van der Waals surface area contributed by atoms with Gasteiger partial charge in [0.15, 0.2) is 5.76 Å². The molecule has 28 heavy (non-hydrogen) atoms. The van der Waals surface area contributed by atoms with Crippen LogP contribution in [-0.4, -0.2) is 30.1 Å². The van der Waals surface area contributed by atoms with Gasteiger partial charge >= 0.3 is 6.09 Å². The topological polar surface area (TPSA) is 97.6 Å². The van der Waals surface area contributed by atoms with E-state index in [2.05, 4.69) is 22.5 Å². The van der Waals surface area contributed by atoms with Crippen molar-refractivity contribution in [1.82, 2.24) is 10.6 Å². The molecule has 1 fully saturated rings. The molecule has 1 aliphatic heterocycles. The minimum Gasteiger partial charge on any atom is -0.448 e. The lowest BCUT2D eigenvalue weighted by Crippen LogP contribution is -2.39. The molecule has 1 aliphatic rings. The lowest BCUT2D eigenvalue weighted by atomic mass is 9.88. The molecule has 2 N–H and O–H groups in total. The van der Waals surface area contributed by atoms with Crippen molar-refractivity contribution in [2.45, 2.75) is 45.1 Å². The van der Waals surface area contributed by atoms with Crippen molar-refractivity contribution in [2.24, 2.45) is 0 Å². The summed E-state index contributed by atoms with van der Waals surface area (Å²) in [5, 5.41) is 5.73. The Balaban J connectivity index is 1.73. The van der Waals surface area contributed by atoms with Gasteiger partial charge in [0.2, 0.25) is 11.8 Å². The van der Waals surface area contributed by atoms with E-state index in [1.54, 1.807) is 32.9 Å². The second-order valence-electron chi connectivity index (χ2n) is 7.53. The summed E-state index contributed by atoms with van der Waals surface area (Å²) in [6, 6.07) is 7.25. The lowest BCUT2D eigenvalue weighted by Gasteiger charge is -2.21. The molecule has 2 aromatic rings. The first-order valence-corrected chi connectivity index (χ1v) is 9.05. The number of alkyl carbamates (subject to hydrolysis) is 1. The summed E-state index contributed by atoms with van der Waals surface area (Å²) in [5.41, 5.74) is 0.862. The molecule has 0 bridgehead atoms. The molecule has 3 amide bonds. The average Bonchev–Trinajstić information content (AvgIpc) is 3.00. The van der Waals surface area contributed by atoms with Crippen molar-refractivity contribution in [2.75, 3.05) is 6.54 Å². The molecule has 3 rings (SSSR count). The molecule has 0 unspecified atom stereocenters. The van der Waals surface area contributed by atoms with Gasteiger partial charge in [-0.25, -0.2) is 4.79 Å². The van der Waals surface area contributed by atoms with Gasteiger partial charge in [-0.2, -0.15) is 0 Å². The fraction of sp³-hybridized carbons (Fsp3) is 0.381. The number of fused-ring (bicyclic) bond motifs is 1. The summed E-state index contributed by atoms with van der Waals surface area (Å²) in [4.78, 5) is 35.2. The maximum atomic E-state index is 12.2. The van der Waals surface area contributed by atoms with E-state index >= 15 is 0 Å². The van der Waals surface area contributed by atoms with Gasteiger partial charge in [-0.05, 0) is 44.7 Å². The van der Waals surface area contributed by atoms with Gasteiger partial charge in [-0.15, -0.1) is 0 Å². The predicted octanol–water partition coefficient (Wildman–Crippen LogP) is 2.83. The Kier molecular flexibility index (Phi) is 5.41. The van der Waals surface area contributed by atoms with Gasteiger partial charge < -0.3 is 14.5 Å². The minimum atomic E-state index is -0.567. The SMILES string of the molecule is CC(C)(C)OC(=O)NCC#Cc1cc2c([C@H]3CCC(=O)NC3=O)cccc2o1. The molecule has 7 heteroatoms. The summed E-state index contributed by atoms with van der Waals surface area (Å²) >= 11 is 0. The molecule has 2 heterocycles. The molecule has 1 aromatic carbocycles. The van der Waals surface area contributed by atoms with Crippen LogP contribution in [0.3, 0.4) is 0 Å². The van der Waals surface area contributed by atoms with Crippen molar-refractivity contribution in [1.29, 1.82) is 0 Å². The highest BCUT2D eigenvalue weighted by Crippen LogP contribution is 2.32. The molecule has 1 atom stereocenters. The van der Waals surface area contributed by atoms with Crippen LogP contribution in [0.1, 0.15) is 50.9 Å². The summed E-state index contributed by atoms with van der Waals surface area (Å²) < 4.78 is 10.9. The van der Waals surface area contributed by atoms with Gasteiger partial charge in [0.25, 0.3) is 0 Å². The molecule has 146 valence electrons. The Morgan fingerprint density at radius 3 is 2.86 bits per heavy atom. The standard InChI is InChI=1S/C21H22N2O5/c1-21(2,3)28-20(26)22-11-5-6-13-12-16-14(7-4-8-17(16)27-13)15-9-10-18(24)23-19(15)25/h4,7-8,12,15H,9-11H2,1-3H3,(H,22,26)(H,23,24,25)/t15-/m1/s1. The third-order valence-corrected chi connectivity index (χ3v) is 4.14. The fourth-order valence-corrected chi connectivity index (χ4v) is 3.00. The molecule has 0 aliphatic carbocycles. The van der Waals surface area contributed by atoms with Gasteiger partial charge in [0.05, 0.1) is 12.5 Å². The van der Waals surface area contributed by atoms with Crippen molar-refractivity contribution < 1.29 is 23.5 Å². The van der Waals surface area contributed by atoms with Crippen molar-refractivity contribution in [3.63, 3.8) is 0 Å². The molecule has 1 saturated heterocycles. The van der Waals surface area contributed by atoms with Gasteiger partial charge in [0.1, 0.15) is 11.2 Å². The van der Waals surface area contributed by atoms with Crippen molar-refractivity contribution in [3.8, 4) is 11.8 Å². The van der Waals surface area contributed by atoms with E-state index in [0.717, 1.165) is 10.9 Å². The Labute approximate surface area is 162 Å². The summed E-state index contributed by atoms with van der Waals surface area (Å²) in [6.45, 7) is 5.47. The zero-order valence-corrected chi connectivity index (χ0v) is 16.0. The van der Waals surface area contributed by atoms with Crippen LogP contribution >= 0.6 is 0 Å². The fourth-order valence-electron chi connectivity index (χ4n) is 3.00. The van der Waals surface area contributed by atoms with Gasteiger partial charge in [-0.3, -0.25) is 14.9 Å². The first-order valence-electron chi connectivity index (χ1n) is 9.05. The number of hydrogen-bond donors (Lipinski definition) is 2. The lowest BCUT2D eigenvalue weighted by molar-refractivity contribution is -0.134. The van der Waals surface area contributed by atoms with E-state index in [1.807, 2.05) is 12.1 Å². The Bertz CT molecular complexity index is 988. The molecule has 7 nitrogen and oxygen atoms in total. The monoisotopic (exact) mass is 382 g/mol. The normalized spacial score (nSPS) is 16.9. The number of nitrogens with one attached hydrogen (secondary N) is 2. The molecule has 1 aromatic heterocycles. The van der Waals surface area contributed by atoms with Crippen LogP contribution in [0, 0.1) is 11.8 Å². The van der Waals surface area contributed by atoms with E-state index in [9.17, 15) is 14.4 Å². The number of hydrogen-bond acceptors (Lipinski definition) is 5. The zero-order chi connectivity index (χ0) is 20.3. The number of benzene rings is 1. The molecule has 0 spiro atoms. The summed E-state index contributed by atoms with van der Waals surface area (Å²) in [7, 11) is 0. The number of furan rings is 1. The predicted molar refractivity (Wildman–Crippen MR) is 102 cm³/mol. The van der Waals surface area contributed by atoms with Crippen molar-refractivity contribution in [3.05, 3.63) is 35.6 Å². The van der Waals surface area contributed by atoms with Crippen LogP contribution in [0.25, 0.3) is 11.0 Å². The van der Waals surface area contributed by atoms with Gasteiger partial charge in [-0.1, -0.05) is 18.1 Å². The maximum Gasteiger partial charge on any atom is 0.408 e. The molecule has 0 radical (unpaired) electrons. The third-order valence-electron chi connectivity index (χ3n) is 4.14.